The van der Waals surface area contributed by atoms with Crippen molar-refractivity contribution in [3.63, 3.8) is 0 Å². The van der Waals surface area contributed by atoms with Gasteiger partial charge in [-0.3, -0.25) is 9.59 Å². The second kappa shape index (κ2) is 10.4. The second-order valence-electron chi connectivity index (χ2n) is 6.21. The summed E-state index contributed by atoms with van der Waals surface area (Å²) in [4.78, 5) is 35.8. The number of carbonyl (C=O) groups excluding carboxylic acids is 3. The predicted octanol–water partition coefficient (Wildman–Crippen LogP) is 3.00. The van der Waals surface area contributed by atoms with Gasteiger partial charge in [-0.25, -0.2) is 9.18 Å². The van der Waals surface area contributed by atoms with E-state index in [2.05, 4.69) is 15.4 Å². The molecular formula is C20H21ClFN3O4. The van der Waals surface area contributed by atoms with Gasteiger partial charge in [0, 0.05) is 10.6 Å². The Labute approximate surface area is 172 Å². The van der Waals surface area contributed by atoms with Crippen molar-refractivity contribution in [2.75, 3.05) is 7.11 Å². The lowest BCUT2D eigenvalue weighted by atomic mass is 10.0. The van der Waals surface area contributed by atoms with E-state index in [1.54, 1.807) is 30.3 Å². The molecule has 2 atom stereocenters. The van der Waals surface area contributed by atoms with Crippen molar-refractivity contribution in [3.05, 3.63) is 70.5 Å². The fourth-order valence-corrected chi connectivity index (χ4v) is 3.12. The molecule has 0 saturated carbocycles. The molecule has 4 N–H and O–H groups in total. The Hall–Kier alpha value is -3.13. The van der Waals surface area contributed by atoms with Crippen LogP contribution in [-0.4, -0.2) is 25.0 Å². The molecule has 29 heavy (non-hydrogen) atoms. The normalized spacial score (nSPS) is 12.5. The molecule has 0 fully saturated rings. The number of nitrogens with one attached hydrogen (secondary N) is 2. The van der Waals surface area contributed by atoms with E-state index in [4.69, 9.17) is 17.3 Å². The highest BCUT2D eigenvalue weighted by atomic mass is 35.5. The van der Waals surface area contributed by atoms with Crippen LogP contribution >= 0.6 is 11.6 Å². The first kappa shape index (κ1) is 22.2. The molecule has 3 amide bonds. The number of hydrogen-bond acceptors (Lipinski definition) is 4. The summed E-state index contributed by atoms with van der Waals surface area (Å²) in [6.45, 7) is 0. The predicted molar refractivity (Wildman–Crippen MR) is 105 cm³/mol. The fourth-order valence-electron chi connectivity index (χ4n) is 2.85. The molecule has 0 bridgehead atoms. The van der Waals surface area contributed by atoms with Crippen molar-refractivity contribution in [1.29, 1.82) is 0 Å². The average molecular weight is 422 g/mol. The van der Waals surface area contributed by atoms with Crippen molar-refractivity contribution in [1.82, 2.24) is 10.6 Å². The molecule has 0 radical (unpaired) electrons. The maximum Gasteiger partial charge on any atom is 0.312 e. The SMILES string of the molecule is COC(=O)CC(NC(=O)CC(NC(N)=O)c1ccccc1F)c1ccccc1Cl. The quantitative estimate of drug-likeness (QED) is 0.569. The lowest BCUT2D eigenvalue weighted by molar-refractivity contribution is -0.141. The van der Waals surface area contributed by atoms with Gasteiger partial charge in [0.05, 0.1) is 32.0 Å². The van der Waals surface area contributed by atoms with Crippen LogP contribution in [0.4, 0.5) is 9.18 Å². The standard InChI is InChI=1S/C20H21ClFN3O4/c1-29-19(27)11-17(12-6-2-4-8-14(12)21)24-18(26)10-16(25-20(23)28)13-7-3-5-9-15(13)22/h2-9,16-17H,10-11H2,1H3,(H,24,26)(H3,23,25,28). The van der Waals surface area contributed by atoms with Crippen LogP contribution < -0.4 is 16.4 Å². The zero-order valence-electron chi connectivity index (χ0n) is 15.7. The van der Waals surface area contributed by atoms with E-state index in [9.17, 15) is 18.8 Å². The Balaban J connectivity index is 2.22. The number of rotatable bonds is 8. The van der Waals surface area contributed by atoms with Crippen LogP contribution in [0.15, 0.2) is 48.5 Å². The largest absolute Gasteiger partial charge is 0.469 e. The van der Waals surface area contributed by atoms with Gasteiger partial charge in [0.15, 0.2) is 0 Å². The summed E-state index contributed by atoms with van der Waals surface area (Å²) < 4.78 is 18.8. The van der Waals surface area contributed by atoms with Gasteiger partial charge >= 0.3 is 12.0 Å². The van der Waals surface area contributed by atoms with Crippen LogP contribution in [0.1, 0.15) is 36.1 Å². The topological polar surface area (TPSA) is 111 Å². The number of nitrogens with two attached hydrogens (primary N) is 1. The minimum Gasteiger partial charge on any atom is -0.469 e. The fraction of sp³-hybridized carbons (Fsp3) is 0.250. The number of methoxy groups -OCH3 is 1. The number of amides is 3. The third-order valence-corrected chi connectivity index (χ3v) is 4.55. The van der Waals surface area contributed by atoms with E-state index in [0.717, 1.165) is 0 Å². The van der Waals surface area contributed by atoms with Gasteiger partial charge in [0.25, 0.3) is 0 Å². The molecule has 0 spiro atoms. The van der Waals surface area contributed by atoms with Gasteiger partial charge < -0.3 is 21.1 Å². The van der Waals surface area contributed by atoms with Crippen molar-refractivity contribution in [2.24, 2.45) is 5.73 Å². The molecule has 9 heteroatoms. The zero-order valence-corrected chi connectivity index (χ0v) is 16.4. The summed E-state index contributed by atoms with van der Waals surface area (Å²) in [5.74, 6) is -1.67. The van der Waals surface area contributed by atoms with Gasteiger partial charge in [-0.15, -0.1) is 0 Å². The van der Waals surface area contributed by atoms with Crippen molar-refractivity contribution < 1.29 is 23.5 Å². The zero-order chi connectivity index (χ0) is 21.4. The molecule has 7 nitrogen and oxygen atoms in total. The molecule has 2 aromatic rings. The Morgan fingerprint density at radius 3 is 2.17 bits per heavy atom. The molecule has 0 aromatic heterocycles. The maximum absolute atomic E-state index is 14.1. The molecule has 2 aromatic carbocycles. The lowest BCUT2D eigenvalue weighted by Gasteiger charge is -2.22. The first-order valence-corrected chi connectivity index (χ1v) is 9.10. The molecular weight excluding hydrogens is 401 g/mol. The molecule has 2 unspecified atom stereocenters. The number of hydrogen-bond donors (Lipinski definition) is 3. The Bertz CT molecular complexity index is 894. The van der Waals surface area contributed by atoms with Crippen LogP contribution in [0.5, 0.6) is 0 Å². The highest BCUT2D eigenvalue weighted by Gasteiger charge is 2.25. The van der Waals surface area contributed by atoms with E-state index in [1.165, 1.54) is 25.3 Å². The minimum absolute atomic E-state index is 0.115. The van der Waals surface area contributed by atoms with Gasteiger partial charge in [-0.1, -0.05) is 48.0 Å². The number of ether oxygens (including phenoxy) is 1. The lowest BCUT2D eigenvalue weighted by Crippen LogP contribution is -2.38. The first-order valence-electron chi connectivity index (χ1n) is 8.72. The maximum atomic E-state index is 14.1. The van der Waals surface area contributed by atoms with Crippen molar-refractivity contribution in [3.8, 4) is 0 Å². The highest BCUT2D eigenvalue weighted by molar-refractivity contribution is 6.31. The van der Waals surface area contributed by atoms with E-state index in [1.807, 2.05) is 0 Å². The van der Waals surface area contributed by atoms with Crippen LogP contribution in [0.2, 0.25) is 5.02 Å². The minimum atomic E-state index is -0.987. The van der Waals surface area contributed by atoms with Crippen molar-refractivity contribution in [2.45, 2.75) is 24.9 Å². The summed E-state index contributed by atoms with van der Waals surface area (Å²) in [6, 6.07) is 9.81. The van der Waals surface area contributed by atoms with Gasteiger partial charge in [0.1, 0.15) is 5.82 Å². The van der Waals surface area contributed by atoms with E-state index in [0.29, 0.717) is 10.6 Å². The molecule has 0 aliphatic rings. The number of benzene rings is 2. The summed E-state index contributed by atoms with van der Waals surface area (Å²) >= 11 is 6.19. The van der Waals surface area contributed by atoms with Gasteiger partial charge in [0.2, 0.25) is 5.91 Å². The van der Waals surface area contributed by atoms with Crippen LogP contribution in [0.3, 0.4) is 0 Å². The van der Waals surface area contributed by atoms with Crippen LogP contribution in [0, 0.1) is 5.82 Å². The summed E-state index contributed by atoms with van der Waals surface area (Å²) in [5.41, 5.74) is 5.81. The molecule has 0 aliphatic carbocycles. The second-order valence-corrected chi connectivity index (χ2v) is 6.62. The Kier molecular flexibility index (Phi) is 7.97. The number of carbonyl (C=O) groups is 3. The average Bonchev–Trinajstić information content (AvgIpc) is 2.67. The smallest absolute Gasteiger partial charge is 0.312 e. The molecule has 154 valence electrons. The van der Waals surface area contributed by atoms with Crippen LogP contribution in [-0.2, 0) is 14.3 Å². The molecule has 2 rings (SSSR count). The van der Waals surface area contributed by atoms with E-state index < -0.39 is 35.8 Å². The molecule has 0 aliphatic heterocycles. The van der Waals surface area contributed by atoms with Crippen LogP contribution in [0.25, 0.3) is 0 Å². The first-order chi connectivity index (χ1) is 13.8. The van der Waals surface area contributed by atoms with Gasteiger partial charge in [-0.2, -0.15) is 0 Å². The van der Waals surface area contributed by atoms with E-state index in [-0.39, 0.29) is 18.4 Å². The Morgan fingerprint density at radius 1 is 1.00 bits per heavy atom. The summed E-state index contributed by atoms with van der Waals surface area (Å²) in [7, 11) is 1.23. The van der Waals surface area contributed by atoms with Gasteiger partial charge in [-0.05, 0) is 17.7 Å². The third kappa shape index (κ3) is 6.46. The number of esters is 1. The summed E-state index contributed by atoms with van der Waals surface area (Å²) in [6.07, 6.45) is -0.453. The van der Waals surface area contributed by atoms with Crippen molar-refractivity contribution >= 4 is 29.5 Å². The van der Waals surface area contributed by atoms with E-state index >= 15 is 0 Å². The summed E-state index contributed by atoms with van der Waals surface area (Å²) in [5, 5.41) is 5.42. The Morgan fingerprint density at radius 2 is 1.59 bits per heavy atom. The highest BCUT2D eigenvalue weighted by Crippen LogP contribution is 2.26. The molecule has 0 heterocycles. The number of halogens is 2. The number of urea groups is 1. The number of primary amides is 1. The monoisotopic (exact) mass is 421 g/mol. The third-order valence-electron chi connectivity index (χ3n) is 4.20. The molecule has 0 saturated heterocycles.